The van der Waals surface area contributed by atoms with E-state index < -0.39 is 10.0 Å². The Morgan fingerprint density at radius 1 is 1.27 bits per heavy atom. The molecular formula is C9H22N2O3S. The second kappa shape index (κ2) is 8.04. The van der Waals surface area contributed by atoms with Crippen LogP contribution in [-0.4, -0.2) is 47.0 Å². The van der Waals surface area contributed by atoms with Gasteiger partial charge in [-0.1, -0.05) is 0 Å². The van der Waals surface area contributed by atoms with Gasteiger partial charge in [-0.15, -0.1) is 0 Å². The van der Waals surface area contributed by atoms with E-state index in [2.05, 4.69) is 10.0 Å². The van der Waals surface area contributed by atoms with E-state index in [0.717, 1.165) is 13.0 Å². The molecule has 0 radical (unpaired) electrons. The first-order valence-electron chi connectivity index (χ1n) is 5.21. The summed E-state index contributed by atoms with van der Waals surface area (Å²) in [5.74, 6) is 0.0325. The van der Waals surface area contributed by atoms with Crippen LogP contribution in [0.2, 0.25) is 0 Å². The van der Waals surface area contributed by atoms with Crippen molar-refractivity contribution in [3.05, 3.63) is 0 Å². The maximum Gasteiger partial charge on any atom is 0.213 e. The number of nitrogens with one attached hydrogen (secondary N) is 2. The fraction of sp³-hybridized carbons (Fsp3) is 1.00. The average Bonchev–Trinajstić information content (AvgIpc) is 2.11. The Hall–Kier alpha value is -0.170. The van der Waals surface area contributed by atoms with Crippen LogP contribution in [0.5, 0.6) is 0 Å². The van der Waals surface area contributed by atoms with Gasteiger partial charge in [0.05, 0.1) is 18.5 Å². The summed E-state index contributed by atoms with van der Waals surface area (Å²) in [7, 11) is -1.32. The van der Waals surface area contributed by atoms with Crippen LogP contribution in [0.15, 0.2) is 0 Å². The van der Waals surface area contributed by atoms with E-state index >= 15 is 0 Å². The second-order valence-corrected chi connectivity index (χ2v) is 5.52. The summed E-state index contributed by atoms with van der Waals surface area (Å²) >= 11 is 0. The van der Waals surface area contributed by atoms with Gasteiger partial charge in [0.2, 0.25) is 10.0 Å². The van der Waals surface area contributed by atoms with Crippen LogP contribution in [0.25, 0.3) is 0 Å². The third kappa shape index (κ3) is 10.1. The molecule has 0 bridgehead atoms. The predicted molar refractivity (Wildman–Crippen MR) is 61.4 cm³/mol. The fourth-order valence-corrected chi connectivity index (χ4v) is 1.87. The summed E-state index contributed by atoms with van der Waals surface area (Å²) in [6.07, 6.45) is 0.866. The van der Waals surface area contributed by atoms with Crippen molar-refractivity contribution in [3.63, 3.8) is 0 Å². The summed E-state index contributed by atoms with van der Waals surface area (Å²) in [6.45, 7) is 5.30. The SMILES string of the molecule is CNCCCNS(=O)(=O)CCOC(C)C. The van der Waals surface area contributed by atoms with Crippen LogP contribution in [-0.2, 0) is 14.8 Å². The molecule has 15 heavy (non-hydrogen) atoms. The molecule has 0 heterocycles. The Kier molecular flexibility index (Phi) is 7.95. The van der Waals surface area contributed by atoms with Crippen molar-refractivity contribution in [2.45, 2.75) is 26.4 Å². The highest BCUT2D eigenvalue weighted by molar-refractivity contribution is 7.89. The maximum absolute atomic E-state index is 11.4. The molecule has 92 valence electrons. The van der Waals surface area contributed by atoms with Gasteiger partial charge in [-0.25, -0.2) is 13.1 Å². The minimum absolute atomic E-state index is 0.0325. The van der Waals surface area contributed by atoms with Crippen LogP contribution < -0.4 is 10.0 Å². The topological polar surface area (TPSA) is 67.4 Å². The first-order valence-corrected chi connectivity index (χ1v) is 6.86. The van der Waals surface area contributed by atoms with Crippen molar-refractivity contribution in [1.29, 1.82) is 0 Å². The van der Waals surface area contributed by atoms with E-state index in [0.29, 0.717) is 6.54 Å². The molecule has 2 N–H and O–H groups in total. The molecule has 0 amide bonds. The maximum atomic E-state index is 11.4. The highest BCUT2D eigenvalue weighted by atomic mass is 32.2. The van der Waals surface area contributed by atoms with Crippen molar-refractivity contribution < 1.29 is 13.2 Å². The minimum atomic E-state index is -3.16. The summed E-state index contributed by atoms with van der Waals surface area (Å²) in [6, 6.07) is 0. The van der Waals surface area contributed by atoms with Crippen molar-refractivity contribution in [2.75, 3.05) is 32.5 Å². The standard InChI is InChI=1S/C9H22N2O3S/c1-9(2)14-7-8-15(12,13)11-6-4-5-10-3/h9-11H,4-8H2,1-3H3. The Labute approximate surface area is 92.6 Å². The van der Waals surface area contributed by atoms with Gasteiger partial charge in [0.15, 0.2) is 0 Å². The molecule has 0 aliphatic carbocycles. The monoisotopic (exact) mass is 238 g/mol. The molecule has 5 nitrogen and oxygen atoms in total. The largest absolute Gasteiger partial charge is 0.378 e. The van der Waals surface area contributed by atoms with Gasteiger partial charge >= 0.3 is 0 Å². The van der Waals surface area contributed by atoms with E-state index in [1.807, 2.05) is 20.9 Å². The number of ether oxygens (including phenoxy) is 1. The van der Waals surface area contributed by atoms with Gasteiger partial charge < -0.3 is 10.1 Å². The van der Waals surface area contributed by atoms with E-state index in [1.54, 1.807) is 0 Å². The third-order valence-corrected chi connectivity index (χ3v) is 3.08. The number of hydrogen-bond acceptors (Lipinski definition) is 4. The first-order chi connectivity index (χ1) is 6.98. The molecule has 0 aromatic carbocycles. The minimum Gasteiger partial charge on any atom is -0.378 e. The number of hydrogen-bond donors (Lipinski definition) is 2. The van der Waals surface area contributed by atoms with Crippen molar-refractivity contribution >= 4 is 10.0 Å². The molecule has 0 atom stereocenters. The number of sulfonamides is 1. The van der Waals surface area contributed by atoms with Gasteiger partial charge in [0.1, 0.15) is 0 Å². The number of rotatable bonds is 9. The lowest BCUT2D eigenvalue weighted by atomic mass is 10.4. The van der Waals surface area contributed by atoms with Gasteiger partial charge in [-0.3, -0.25) is 0 Å². The zero-order valence-electron chi connectivity index (χ0n) is 9.75. The second-order valence-electron chi connectivity index (χ2n) is 3.59. The predicted octanol–water partition coefficient (Wildman–Crippen LogP) is -0.0597. The summed E-state index contributed by atoms with van der Waals surface area (Å²) in [4.78, 5) is 0. The summed E-state index contributed by atoms with van der Waals surface area (Å²) in [5.41, 5.74) is 0. The fourth-order valence-electron chi connectivity index (χ4n) is 0.959. The molecule has 0 unspecified atom stereocenters. The summed E-state index contributed by atoms with van der Waals surface area (Å²) in [5, 5.41) is 2.95. The lowest BCUT2D eigenvalue weighted by Crippen LogP contribution is -2.31. The van der Waals surface area contributed by atoms with Crippen LogP contribution in [0.4, 0.5) is 0 Å². The molecule has 0 saturated carbocycles. The van der Waals surface area contributed by atoms with Gasteiger partial charge in [0.25, 0.3) is 0 Å². The van der Waals surface area contributed by atoms with Crippen LogP contribution in [0, 0.1) is 0 Å². The smallest absolute Gasteiger partial charge is 0.213 e. The molecule has 0 aliphatic rings. The Morgan fingerprint density at radius 2 is 1.93 bits per heavy atom. The van der Waals surface area contributed by atoms with E-state index in [9.17, 15) is 8.42 Å². The molecule has 0 spiro atoms. The quantitative estimate of drug-likeness (QED) is 0.552. The van der Waals surface area contributed by atoms with Gasteiger partial charge in [0, 0.05) is 6.54 Å². The molecule has 6 heteroatoms. The van der Waals surface area contributed by atoms with Crippen molar-refractivity contribution in [1.82, 2.24) is 10.0 Å². The van der Waals surface area contributed by atoms with Crippen LogP contribution in [0.3, 0.4) is 0 Å². The molecule has 0 aromatic heterocycles. The van der Waals surface area contributed by atoms with E-state index in [1.165, 1.54) is 0 Å². The zero-order valence-corrected chi connectivity index (χ0v) is 10.6. The highest BCUT2D eigenvalue weighted by Crippen LogP contribution is 1.91. The van der Waals surface area contributed by atoms with Gasteiger partial charge in [-0.2, -0.15) is 0 Å². The normalized spacial score (nSPS) is 12.3. The van der Waals surface area contributed by atoms with Crippen molar-refractivity contribution in [3.8, 4) is 0 Å². The summed E-state index contributed by atoms with van der Waals surface area (Å²) < 4.78 is 30.4. The molecule has 0 rings (SSSR count). The molecule has 0 saturated heterocycles. The lowest BCUT2D eigenvalue weighted by molar-refractivity contribution is 0.0911. The van der Waals surface area contributed by atoms with E-state index in [-0.39, 0.29) is 18.5 Å². The zero-order chi connectivity index (χ0) is 11.7. The molecule has 0 fully saturated rings. The van der Waals surface area contributed by atoms with Crippen molar-refractivity contribution in [2.24, 2.45) is 0 Å². The Balaban J connectivity index is 3.59. The Morgan fingerprint density at radius 3 is 2.47 bits per heavy atom. The highest BCUT2D eigenvalue weighted by Gasteiger charge is 2.09. The first kappa shape index (κ1) is 14.8. The molecular weight excluding hydrogens is 216 g/mol. The van der Waals surface area contributed by atoms with E-state index in [4.69, 9.17) is 4.74 Å². The average molecular weight is 238 g/mol. The van der Waals surface area contributed by atoms with Crippen LogP contribution in [0.1, 0.15) is 20.3 Å². The third-order valence-electron chi connectivity index (χ3n) is 1.73. The Bertz CT molecular complexity index is 240. The van der Waals surface area contributed by atoms with Crippen LogP contribution >= 0.6 is 0 Å². The van der Waals surface area contributed by atoms with Gasteiger partial charge in [-0.05, 0) is 33.9 Å². The lowest BCUT2D eigenvalue weighted by Gasteiger charge is -2.09. The molecule has 0 aliphatic heterocycles. The molecule has 0 aromatic rings.